The molecule has 0 spiro atoms. The molecule has 1 aliphatic heterocycles. The molecule has 1 aliphatic rings. The normalized spacial score (nSPS) is 15.8. The number of aromatic nitrogens is 3. The van der Waals surface area contributed by atoms with E-state index >= 15 is 0 Å². The molecule has 2 aromatic heterocycles. The summed E-state index contributed by atoms with van der Waals surface area (Å²) in [5.74, 6) is 0. The van der Waals surface area contributed by atoms with Gasteiger partial charge in [0.05, 0.1) is 23.8 Å². The molecule has 0 saturated carbocycles. The van der Waals surface area contributed by atoms with Gasteiger partial charge in [0.2, 0.25) is 0 Å². The predicted octanol–water partition coefficient (Wildman–Crippen LogP) is 3.48. The highest BCUT2D eigenvalue weighted by Crippen LogP contribution is 2.21. The van der Waals surface area contributed by atoms with Crippen LogP contribution in [0.4, 0.5) is 0 Å². The van der Waals surface area contributed by atoms with Gasteiger partial charge in [-0.15, -0.1) is 0 Å². The molecule has 1 fully saturated rings. The number of piperazine rings is 1. The molecular formula is C23H31N5O. The van der Waals surface area contributed by atoms with E-state index in [9.17, 15) is 0 Å². The van der Waals surface area contributed by atoms with Crippen molar-refractivity contribution in [3.63, 3.8) is 0 Å². The average Bonchev–Trinajstić information content (AvgIpc) is 3.12. The highest BCUT2D eigenvalue weighted by molar-refractivity contribution is 5.78. The minimum Gasteiger partial charge on any atom is -0.463 e. The van der Waals surface area contributed by atoms with Crippen molar-refractivity contribution in [2.24, 2.45) is 0 Å². The fourth-order valence-corrected chi connectivity index (χ4v) is 3.78. The third-order valence-corrected chi connectivity index (χ3v) is 5.59. The van der Waals surface area contributed by atoms with Crippen molar-refractivity contribution < 1.29 is 4.74 Å². The Labute approximate surface area is 172 Å². The Bertz CT molecular complexity index is 930. The van der Waals surface area contributed by atoms with E-state index in [0.717, 1.165) is 63.0 Å². The zero-order chi connectivity index (χ0) is 20.1. The van der Waals surface area contributed by atoms with Crippen LogP contribution in [0.25, 0.3) is 11.0 Å². The standard InChI is InChI=1S/C23H31N5O/c1-3-4-12-29-23-25-16-21-22(26-23)20(15-24-21)14-18-6-5-7-19(13-18)17-28-10-8-27(2)9-11-28/h5-7,13,15-16,24H,3-4,8-12,14,17H2,1-2H3. The van der Waals surface area contributed by atoms with Crippen molar-refractivity contribution in [2.75, 3.05) is 39.8 Å². The maximum atomic E-state index is 5.70. The van der Waals surface area contributed by atoms with E-state index in [0.29, 0.717) is 12.6 Å². The Morgan fingerprint density at radius 1 is 1.14 bits per heavy atom. The van der Waals surface area contributed by atoms with Crippen molar-refractivity contribution in [2.45, 2.75) is 32.7 Å². The summed E-state index contributed by atoms with van der Waals surface area (Å²) in [6, 6.07) is 9.40. The molecule has 154 valence electrons. The van der Waals surface area contributed by atoms with Crippen LogP contribution in [0.5, 0.6) is 6.01 Å². The van der Waals surface area contributed by atoms with Gasteiger partial charge in [0.25, 0.3) is 0 Å². The Balaban J connectivity index is 1.46. The van der Waals surface area contributed by atoms with Gasteiger partial charge in [0, 0.05) is 50.9 Å². The minimum absolute atomic E-state index is 0.468. The van der Waals surface area contributed by atoms with Gasteiger partial charge in [-0.25, -0.2) is 4.98 Å². The minimum atomic E-state index is 0.468. The van der Waals surface area contributed by atoms with Crippen LogP contribution in [0.1, 0.15) is 36.5 Å². The summed E-state index contributed by atoms with van der Waals surface area (Å²) in [5.41, 5.74) is 5.78. The molecule has 0 atom stereocenters. The van der Waals surface area contributed by atoms with E-state index in [1.165, 1.54) is 16.7 Å². The summed E-state index contributed by atoms with van der Waals surface area (Å²) in [7, 11) is 2.20. The maximum Gasteiger partial charge on any atom is 0.317 e. The molecule has 1 saturated heterocycles. The highest BCUT2D eigenvalue weighted by Gasteiger charge is 2.14. The Hall–Kier alpha value is -2.44. The fraction of sp³-hybridized carbons (Fsp3) is 0.478. The van der Waals surface area contributed by atoms with E-state index < -0.39 is 0 Å². The number of hydrogen-bond acceptors (Lipinski definition) is 5. The Kier molecular flexibility index (Phi) is 6.42. The first-order chi connectivity index (χ1) is 14.2. The van der Waals surface area contributed by atoms with Gasteiger partial charge < -0.3 is 14.6 Å². The molecule has 1 N–H and O–H groups in total. The zero-order valence-electron chi connectivity index (χ0n) is 17.5. The number of unbranched alkanes of at least 4 members (excludes halogenated alkanes) is 1. The molecule has 0 radical (unpaired) electrons. The lowest BCUT2D eigenvalue weighted by atomic mass is 10.0. The first kappa shape index (κ1) is 19.9. The van der Waals surface area contributed by atoms with E-state index in [4.69, 9.17) is 4.74 Å². The molecular weight excluding hydrogens is 362 g/mol. The number of nitrogens with one attached hydrogen (secondary N) is 1. The number of ether oxygens (including phenoxy) is 1. The second-order valence-corrected chi connectivity index (χ2v) is 8.01. The number of fused-ring (bicyclic) bond motifs is 1. The number of rotatable bonds is 8. The van der Waals surface area contributed by atoms with Gasteiger partial charge in [0.15, 0.2) is 0 Å². The molecule has 1 aromatic carbocycles. The van der Waals surface area contributed by atoms with Gasteiger partial charge in [-0.1, -0.05) is 37.6 Å². The summed E-state index contributed by atoms with van der Waals surface area (Å²) >= 11 is 0. The second-order valence-electron chi connectivity index (χ2n) is 8.01. The Morgan fingerprint density at radius 3 is 2.79 bits per heavy atom. The average molecular weight is 394 g/mol. The van der Waals surface area contributed by atoms with Gasteiger partial charge in [-0.2, -0.15) is 4.98 Å². The summed E-state index contributed by atoms with van der Waals surface area (Å²) in [6.07, 6.45) is 6.82. The van der Waals surface area contributed by atoms with Crippen molar-refractivity contribution in [1.82, 2.24) is 24.8 Å². The molecule has 3 heterocycles. The lowest BCUT2D eigenvalue weighted by Gasteiger charge is -2.32. The van der Waals surface area contributed by atoms with E-state index in [-0.39, 0.29) is 0 Å². The first-order valence-corrected chi connectivity index (χ1v) is 10.7. The van der Waals surface area contributed by atoms with Crippen LogP contribution < -0.4 is 4.74 Å². The molecule has 6 heteroatoms. The smallest absolute Gasteiger partial charge is 0.317 e. The van der Waals surface area contributed by atoms with Crippen molar-refractivity contribution in [3.8, 4) is 6.01 Å². The summed E-state index contributed by atoms with van der Waals surface area (Å²) in [4.78, 5) is 17.2. The first-order valence-electron chi connectivity index (χ1n) is 10.7. The van der Waals surface area contributed by atoms with Crippen LogP contribution in [-0.2, 0) is 13.0 Å². The van der Waals surface area contributed by atoms with Gasteiger partial charge in [-0.3, -0.25) is 4.90 Å². The third-order valence-electron chi connectivity index (χ3n) is 5.59. The fourth-order valence-electron chi connectivity index (χ4n) is 3.78. The van der Waals surface area contributed by atoms with Gasteiger partial charge >= 0.3 is 6.01 Å². The molecule has 29 heavy (non-hydrogen) atoms. The Morgan fingerprint density at radius 2 is 1.97 bits per heavy atom. The van der Waals surface area contributed by atoms with Crippen LogP contribution in [0.15, 0.2) is 36.7 Å². The summed E-state index contributed by atoms with van der Waals surface area (Å²) in [6.45, 7) is 8.41. The lowest BCUT2D eigenvalue weighted by molar-refractivity contribution is 0.148. The van der Waals surface area contributed by atoms with E-state index in [1.54, 1.807) is 0 Å². The number of nitrogens with zero attached hydrogens (tertiary/aromatic N) is 4. The quantitative estimate of drug-likeness (QED) is 0.594. The van der Waals surface area contributed by atoms with Crippen molar-refractivity contribution >= 4 is 11.0 Å². The molecule has 0 unspecified atom stereocenters. The van der Waals surface area contributed by atoms with E-state index in [1.807, 2.05) is 12.4 Å². The van der Waals surface area contributed by atoms with Crippen molar-refractivity contribution in [3.05, 3.63) is 53.3 Å². The van der Waals surface area contributed by atoms with Crippen LogP contribution in [0, 0.1) is 0 Å². The second kappa shape index (κ2) is 9.37. The zero-order valence-corrected chi connectivity index (χ0v) is 17.5. The maximum absolute atomic E-state index is 5.70. The largest absolute Gasteiger partial charge is 0.463 e. The lowest BCUT2D eigenvalue weighted by Crippen LogP contribution is -2.43. The van der Waals surface area contributed by atoms with Gasteiger partial charge in [0.1, 0.15) is 0 Å². The monoisotopic (exact) mass is 393 g/mol. The predicted molar refractivity (Wildman–Crippen MR) is 116 cm³/mol. The van der Waals surface area contributed by atoms with Crippen LogP contribution in [-0.4, -0.2) is 64.6 Å². The molecule has 0 bridgehead atoms. The number of benzene rings is 1. The summed E-state index contributed by atoms with van der Waals surface area (Å²) in [5, 5.41) is 0. The van der Waals surface area contributed by atoms with E-state index in [2.05, 4.69) is 63.0 Å². The topological polar surface area (TPSA) is 57.3 Å². The molecule has 4 rings (SSSR count). The number of aromatic amines is 1. The highest BCUT2D eigenvalue weighted by atomic mass is 16.5. The molecule has 6 nitrogen and oxygen atoms in total. The van der Waals surface area contributed by atoms with Gasteiger partial charge in [-0.05, 0) is 24.6 Å². The van der Waals surface area contributed by atoms with Crippen LogP contribution >= 0.6 is 0 Å². The number of likely N-dealkylation sites (N-methyl/N-ethyl adjacent to an activating group) is 1. The van der Waals surface area contributed by atoms with Crippen LogP contribution in [0.3, 0.4) is 0 Å². The number of hydrogen-bond donors (Lipinski definition) is 1. The summed E-state index contributed by atoms with van der Waals surface area (Å²) < 4.78 is 5.70. The molecule has 0 amide bonds. The molecule has 0 aliphatic carbocycles. The third kappa shape index (κ3) is 5.14. The molecule has 3 aromatic rings. The number of H-pyrrole nitrogens is 1. The SMILES string of the molecule is CCCCOc1ncc2[nH]cc(Cc3cccc(CN4CCN(C)CC4)c3)c2n1. The van der Waals surface area contributed by atoms with Crippen molar-refractivity contribution in [1.29, 1.82) is 0 Å². The van der Waals surface area contributed by atoms with Crippen LogP contribution in [0.2, 0.25) is 0 Å².